The molecule has 2 aliphatic rings. The van der Waals surface area contributed by atoms with Crippen LogP contribution in [-0.4, -0.2) is 11.6 Å². The number of fused-ring (bicyclic) bond motifs is 1. The SMILES string of the molecule is C=CC(C)=CC[C@@H]1[C@@]2(C)CCCC(C)(C)[C@@H]2CC[C@@]1(C)OC(C)=O. The molecule has 2 nitrogen and oxygen atoms in total. The van der Waals surface area contributed by atoms with Crippen molar-refractivity contribution in [1.82, 2.24) is 0 Å². The Morgan fingerprint density at radius 1 is 1.17 bits per heavy atom. The number of carbonyl (C=O) groups is 1. The van der Waals surface area contributed by atoms with Crippen LogP contribution in [0.4, 0.5) is 0 Å². The van der Waals surface area contributed by atoms with Gasteiger partial charge in [0.05, 0.1) is 0 Å². The lowest BCUT2D eigenvalue weighted by molar-refractivity contribution is -0.197. The molecule has 0 unspecified atom stereocenters. The normalized spacial score (nSPS) is 39.0. The van der Waals surface area contributed by atoms with Gasteiger partial charge in [-0.25, -0.2) is 0 Å². The molecule has 0 amide bonds. The monoisotopic (exact) mass is 332 g/mol. The molecule has 0 aromatic rings. The highest BCUT2D eigenvalue weighted by atomic mass is 16.6. The minimum atomic E-state index is -0.359. The molecule has 2 fully saturated rings. The van der Waals surface area contributed by atoms with Crippen molar-refractivity contribution in [2.75, 3.05) is 0 Å². The van der Waals surface area contributed by atoms with Gasteiger partial charge in [0.15, 0.2) is 0 Å². The summed E-state index contributed by atoms with van der Waals surface area (Å²) >= 11 is 0. The van der Waals surface area contributed by atoms with E-state index in [1.165, 1.54) is 24.8 Å². The summed E-state index contributed by atoms with van der Waals surface area (Å²) < 4.78 is 5.95. The summed E-state index contributed by atoms with van der Waals surface area (Å²) in [5.74, 6) is 0.913. The molecule has 0 radical (unpaired) electrons. The van der Waals surface area contributed by atoms with Gasteiger partial charge in [-0.1, -0.05) is 51.5 Å². The summed E-state index contributed by atoms with van der Waals surface area (Å²) in [4.78, 5) is 11.8. The molecule has 0 saturated heterocycles. The van der Waals surface area contributed by atoms with Crippen molar-refractivity contribution in [3.63, 3.8) is 0 Å². The van der Waals surface area contributed by atoms with Crippen molar-refractivity contribution in [2.45, 2.75) is 85.7 Å². The molecule has 0 aromatic carbocycles. The Balaban J connectivity index is 2.43. The van der Waals surface area contributed by atoms with Crippen molar-refractivity contribution < 1.29 is 9.53 Å². The van der Waals surface area contributed by atoms with Crippen molar-refractivity contribution in [1.29, 1.82) is 0 Å². The zero-order valence-corrected chi connectivity index (χ0v) is 16.6. The number of rotatable bonds is 4. The van der Waals surface area contributed by atoms with Crippen LogP contribution in [0.2, 0.25) is 0 Å². The van der Waals surface area contributed by atoms with Crippen molar-refractivity contribution in [2.24, 2.45) is 22.7 Å². The van der Waals surface area contributed by atoms with Crippen LogP contribution in [0, 0.1) is 22.7 Å². The van der Waals surface area contributed by atoms with Crippen LogP contribution >= 0.6 is 0 Å². The summed E-state index contributed by atoms with van der Waals surface area (Å²) in [7, 11) is 0. The number of allylic oxidation sites excluding steroid dienone is 3. The molecule has 2 heteroatoms. The van der Waals surface area contributed by atoms with E-state index in [1.807, 2.05) is 6.08 Å². The van der Waals surface area contributed by atoms with E-state index in [1.54, 1.807) is 6.92 Å². The summed E-state index contributed by atoms with van der Waals surface area (Å²) in [5.41, 5.74) is 1.45. The van der Waals surface area contributed by atoms with Gasteiger partial charge < -0.3 is 4.74 Å². The van der Waals surface area contributed by atoms with Crippen molar-refractivity contribution >= 4 is 5.97 Å². The quantitative estimate of drug-likeness (QED) is 0.461. The van der Waals surface area contributed by atoms with E-state index in [-0.39, 0.29) is 17.0 Å². The maximum atomic E-state index is 11.8. The molecule has 0 heterocycles. The van der Waals surface area contributed by atoms with Crippen LogP contribution in [0.1, 0.15) is 80.1 Å². The fraction of sp³-hybridized carbons (Fsp3) is 0.773. The summed E-state index contributed by atoms with van der Waals surface area (Å²) in [6.07, 6.45) is 11.1. The maximum Gasteiger partial charge on any atom is 0.303 e. The van der Waals surface area contributed by atoms with E-state index >= 15 is 0 Å². The zero-order chi connectivity index (χ0) is 18.2. The lowest BCUT2D eigenvalue weighted by Gasteiger charge is -2.61. The molecular formula is C22H36O2. The second-order valence-electron chi connectivity index (χ2n) is 9.29. The molecule has 24 heavy (non-hydrogen) atoms. The average Bonchev–Trinajstić information content (AvgIpc) is 2.44. The molecule has 0 aliphatic heterocycles. The third kappa shape index (κ3) is 3.48. The molecule has 0 bridgehead atoms. The van der Waals surface area contributed by atoms with Crippen molar-refractivity contribution in [3.05, 3.63) is 24.3 Å². The van der Waals surface area contributed by atoms with Gasteiger partial charge >= 0.3 is 5.97 Å². The van der Waals surface area contributed by atoms with E-state index in [0.29, 0.717) is 17.3 Å². The van der Waals surface area contributed by atoms with Crippen LogP contribution in [0.25, 0.3) is 0 Å². The largest absolute Gasteiger partial charge is 0.459 e. The highest BCUT2D eigenvalue weighted by Crippen LogP contribution is 2.63. The first kappa shape index (κ1) is 19.3. The van der Waals surface area contributed by atoms with E-state index in [9.17, 15) is 4.79 Å². The second kappa shape index (κ2) is 6.69. The van der Waals surface area contributed by atoms with Gasteiger partial charge in [-0.15, -0.1) is 0 Å². The number of carbonyl (C=O) groups excluding carboxylic acids is 1. The molecule has 2 aliphatic carbocycles. The van der Waals surface area contributed by atoms with Gasteiger partial charge in [0.1, 0.15) is 5.60 Å². The summed E-state index contributed by atoms with van der Waals surface area (Å²) in [6.45, 7) is 17.0. The second-order valence-corrected chi connectivity index (χ2v) is 9.29. The van der Waals surface area contributed by atoms with Crippen molar-refractivity contribution in [3.8, 4) is 0 Å². The first-order valence-electron chi connectivity index (χ1n) is 9.54. The van der Waals surface area contributed by atoms with Gasteiger partial charge in [0.25, 0.3) is 0 Å². The molecule has 2 rings (SSSR count). The topological polar surface area (TPSA) is 26.3 Å². The zero-order valence-electron chi connectivity index (χ0n) is 16.6. The van der Waals surface area contributed by atoms with E-state index in [2.05, 4.69) is 47.3 Å². The number of ether oxygens (including phenoxy) is 1. The van der Waals surface area contributed by atoms with Crippen LogP contribution < -0.4 is 0 Å². The lowest BCUT2D eigenvalue weighted by atomic mass is 9.45. The fourth-order valence-electron chi connectivity index (χ4n) is 5.96. The molecule has 136 valence electrons. The predicted molar refractivity (Wildman–Crippen MR) is 101 cm³/mol. The Labute approximate surface area is 148 Å². The van der Waals surface area contributed by atoms with E-state index in [0.717, 1.165) is 19.3 Å². The first-order valence-corrected chi connectivity index (χ1v) is 9.54. The van der Waals surface area contributed by atoms with Gasteiger partial charge in [-0.05, 0) is 62.7 Å². The highest BCUT2D eigenvalue weighted by molar-refractivity contribution is 5.66. The summed E-state index contributed by atoms with van der Waals surface area (Å²) in [5, 5.41) is 0. The fourth-order valence-corrected chi connectivity index (χ4v) is 5.96. The Morgan fingerprint density at radius 3 is 2.42 bits per heavy atom. The minimum Gasteiger partial charge on any atom is -0.459 e. The molecule has 2 saturated carbocycles. The maximum absolute atomic E-state index is 11.8. The molecule has 0 aromatic heterocycles. The smallest absolute Gasteiger partial charge is 0.303 e. The Kier molecular flexibility index (Phi) is 5.37. The molecule has 4 atom stereocenters. The van der Waals surface area contributed by atoms with Crippen LogP contribution in [0.3, 0.4) is 0 Å². The third-order valence-electron chi connectivity index (χ3n) is 7.11. The number of hydrogen-bond acceptors (Lipinski definition) is 2. The molecule has 0 N–H and O–H groups in total. The number of esters is 1. The Bertz CT molecular complexity index is 530. The number of hydrogen-bond donors (Lipinski definition) is 0. The summed E-state index contributed by atoms with van der Waals surface area (Å²) in [6, 6.07) is 0. The third-order valence-corrected chi connectivity index (χ3v) is 7.11. The van der Waals surface area contributed by atoms with Crippen LogP contribution in [0.15, 0.2) is 24.3 Å². The minimum absolute atomic E-state index is 0.149. The highest BCUT2D eigenvalue weighted by Gasteiger charge is 2.59. The first-order chi connectivity index (χ1) is 11.0. The lowest BCUT2D eigenvalue weighted by Crippen LogP contribution is -2.58. The predicted octanol–water partition coefficient (Wildman–Crippen LogP) is 6.07. The van der Waals surface area contributed by atoms with Gasteiger partial charge in [0.2, 0.25) is 0 Å². The van der Waals surface area contributed by atoms with Gasteiger partial charge in [0, 0.05) is 12.8 Å². The van der Waals surface area contributed by atoms with Crippen LogP contribution in [0.5, 0.6) is 0 Å². The molecule has 0 spiro atoms. The Morgan fingerprint density at radius 2 is 1.83 bits per heavy atom. The Hall–Kier alpha value is -1.05. The van der Waals surface area contributed by atoms with Gasteiger partial charge in [-0.3, -0.25) is 4.79 Å². The van der Waals surface area contributed by atoms with Gasteiger partial charge in [-0.2, -0.15) is 0 Å². The van der Waals surface area contributed by atoms with Crippen LogP contribution in [-0.2, 0) is 9.53 Å². The average molecular weight is 333 g/mol. The molecular weight excluding hydrogens is 296 g/mol. The standard InChI is InChI=1S/C22H36O2/c1-8-16(2)10-11-19-21(6)14-9-13-20(4,5)18(21)12-15-22(19,7)24-17(3)23/h8,10,18-19H,1,9,11-15H2,2-7H3/t18-,19+,21-,22+/m0/s1. The van der Waals surface area contributed by atoms with E-state index in [4.69, 9.17) is 4.74 Å². The van der Waals surface area contributed by atoms with E-state index < -0.39 is 0 Å².